The lowest BCUT2D eigenvalue weighted by Crippen LogP contribution is -2.00. The van der Waals surface area contributed by atoms with Crippen molar-refractivity contribution in [1.29, 1.82) is 0 Å². The van der Waals surface area contributed by atoms with E-state index in [9.17, 15) is 14.3 Å². The molecule has 0 bridgehead atoms. The first-order chi connectivity index (χ1) is 10.6. The molecule has 110 valence electrons. The van der Waals surface area contributed by atoms with E-state index < -0.39 is 5.97 Å². The molecule has 0 saturated heterocycles. The highest BCUT2D eigenvalue weighted by atomic mass is 32.1. The first-order valence-electron chi connectivity index (χ1n) is 6.51. The van der Waals surface area contributed by atoms with Gasteiger partial charge in [-0.2, -0.15) is 0 Å². The van der Waals surface area contributed by atoms with E-state index in [0.29, 0.717) is 17.1 Å². The summed E-state index contributed by atoms with van der Waals surface area (Å²) in [5, 5.41) is 9.98. The Bertz CT molecular complexity index is 801. The van der Waals surface area contributed by atoms with Crippen LogP contribution in [0.1, 0.15) is 20.9 Å². The van der Waals surface area contributed by atoms with Crippen LogP contribution in [0.25, 0.3) is 10.6 Å². The second-order valence-corrected chi connectivity index (χ2v) is 5.64. The minimum Gasteiger partial charge on any atom is -0.477 e. The Kier molecular flexibility index (Phi) is 3.93. The quantitative estimate of drug-likeness (QED) is 0.798. The number of pyridine rings is 1. The Labute approximate surface area is 129 Å². The molecule has 22 heavy (non-hydrogen) atoms. The summed E-state index contributed by atoms with van der Waals surface area (Å²) >= 11 is 1.13. The average molecular weight is 314 g/mol. The first-order valence-corrected chi connectivity index (χ1v) is 7.33. The number of benzene rings is 1. The molecule has 0 spiro atoms. The number of aromatic nitrogens is 2. The lowest BCUT2D eigenvalue weighted by Gasteiger charge is -2.00. The molecule has 0 aliphatic heterocycles. The number of hydrogen-bond acceptors (Lipinski definition) is 4. The second-order valence-electron chi connectivity index (χ2n) is 4.64. The number of thiazole rings is 1. The largest absolute Gasteiger partial charge is 0.477 e. The number of aromatic carboxylic acids is 1. The molecule has 0 radical (unpaired) electrons. The van der Waals surface area contributed by atoms with E-state index in [-0.39, 0.29) is 10.7 Å². The molecule has 0 fully saturated rings. The molecule has 1 N–H and O–H groups in total. The van der Waals surface area contributed by atoms with Crippen LogP contribution in [-0.2, 0) is 6.42 Å². The van der Waals surface area contributed by atoms with Gasteiger partial charge in [0, 0.05) is 24.4 Å². The summed E-state index contributed by atoms with van der Waals surface area (Å²) in [5.41, 5.74) is 2.12. The summed E-state index contributed by atoms with van der Waals surface area (Å²) in [5.74, 6) is -1.33. The number of carboxylic acids is 1. The van der Waals surface area contributed by atoms with Gasteiger partial charge >= 0.3 is 5.97 Å². The van der Waals surface area contributed by atoms with Crippen LogP contribution in [0.15, 0.2) is 48.8 Å². The summed E-state index contributed by atoms with van der Waals surface area (Å²) in [6, 6.07) is 9.54. The minimum atomic E-state index is -1.00. The Balaban J connectivity index is 1.97. The number of nitrogens with zero attached hydrogens (tertiary/aromatic N) is 2. The molecule has 2 aromatic heterocycles. The molecule has 0 aliphatic carbocycles. The molecule has 0 aliphatic rings. The maximum absolute atomic E-state index is 12.9. The Morgan fingerprint density at radius 2 is 1.82 bits per heavy atom. The Hall–Kier alpha value is -2.60. The zero-order valence-electron chi connectivity index (χ0n) is 11.4. The predicted octanol–water partition coefficient (Wildman–Crippen LogP) is 3.63. The number of carbonyl (C=O) groups is 1. The fraction of sp³-hybridized carbons (Fsp3) is 0.0625. The smallest absolute Gasteiger partial charge is 0.347 e. The van der Waals surface area contributed by atoms with Crippen LogP contribution in [0.3, 0.4) is 0 Å². The van der Waals surface area contributed by atoms with E-state index in [4.69, 9.17) is 0 Å². The highest BCUT2D eigenvalue weighted by Gasteiger charge is 2.18. The van der Waals surface area contributed by atoms with Crippen LogP contribution < -0.4 is 0 Å². The highest BCUT2D eigenvalue weighted by molar-refractivity contribution is 7.17. The molecule has 0 atom stereocenters. The molecule has 1 aromatic carbocycles. The van der Waals surface area contributed by atoms with Gasteiger partial charge in [-0.15, -0.1) is 11.3 Å². The van der Waals surface area contributed by atoms with Crippen molar-refractivity contribution in [3.05, 3.63) is 70.7 Å². The lowest BCUT2D eigenvalue weighted by molar-refractivity contribution is 0.0701. The molecule has 3 aromatic rings. The molecule has 0 unspecified atom stereocenters. The van der Waals surface area contributed by atoms with Crippen molar-refractivity contribution in [1.82, 2.24) is 9.97 Å². The monoisotopic (exact) mass is 314 g/mol. The maximum atomic E-state index is 12.9. The van der Waals surface area contributed by atoms with Crippen LogP contribution in [0.5, 0.6) is 0 Å². The first kappa shape index (κ1) is 14.3. The zero-order chi connectivity index (χ0) is 15.5. The number of halogens is 1. The van der Waals surface area contributed by atoms with Crippen molar-refractivity contribution in [3.63, 3.8) is 0 Å². The van der Waals surface area contributed by atoms with Crippen LogP contribution in [0, 0.1) is 5.82 Å². The SMILES string of the molecule is O=C(O)c1sc(-c2ccncc2)nc1Cc1ccc(F)cc1. The van der Waals surface area contributed by atoms with Gasteiger partial charge in [0.2, 0.25) is 0 Å². The van der Waals surface area contributed by atoms with E-state index in [1.807, 2.05) is 0 Å². The van der Waals surface area contributed by atoms with E-state index in [1.165, 1.54) is 12.1 Å². The standard InChI is InChI=1S/C16H11FN2O2S/c17-12-3-1-10(2-4-12)9-13-14(16(20)21)22-15(19-13)11-5-7-18-8-6-11/h1-8H,9H2,(H,20,21). The molecule has 4 nitrogen and oxygen atoms in total. The number of rotatable bonds is 4. The van der Waals surface area contributed by atoms with Gasteiger partial charge in [0.05, 0.1) is 5.69 Å². The second kappa shape index (κ2) is 6.03. The molecular weight excluding hydrogens is 303 g/mol. The minimum absolute atomic E-state index is 0.205. The molecule has 2 heterocycles. The van der Waals surface area contributed by atoms with Crippen LogP contribution >= 0.6 is 11.3 Å². The third kappa shape index (κ3) is 3.01. The predicted molar refractivity (Wildman–Crippen MR) is 81.5 cm³/mol. The maximum Gasteiger partial charge on any atom is 0.347 e. The summed E-state index contributed by atoms with van der Waals surface area (Å²) < 4.78 is 12.9. The van der Waals surface area contributed by atoms with Gasteiger partial charge in [-0.3, -0.25) is 4.98 Å². The van der Waals surface area contributed by atoms with Crippen molar-refractivity contribution in [2.24, 2.45) is 0 Å². The normalized spacial score (nSPS) is 10.6. The molecule has 6 heteroatoms. The Morgan fingerprint density at radius 1 is 1.14 bits per heavy atom. The van der Waals surface area contributed by atoms with Crippen molar-refractivity contribution in [2.75, 3.05) is 0 Å². The van der Waals surface area contributed by atoms with Gasteiger partial charge in [0.1, 0.15) is 15.7 Å². The van der Waals surface area contributed by atoms with Crippen molar-refractivity contribution >= 4 is 17.3 Å². The van der Waals surface area contributed by atoms with Gasteiger partial charge in [-0.1, -0.05) is 12.1 Å². The zero-order valence-corrected chi connectivity index (χ0v) is 12.2. The Morgan fingerprint density at radius 3 is 2.45 bits per heavy atom. The average Bonchev–Trinajstić information content (AvgIpc) is 2.95. The highest BCUT2D eigenvalue weighted by Crippen LogP contribution is 2.29. The van der Waals surface area contributed by atoms with Crippen LogP contribution in [0.4, 0.5) is 4.39 Å². The van der Waals surface area contributed by atoms with Crippen LogP contribution in [0.2, 0.25) is 0 Å². The summed E-state index contributed by atoms with van der Waals surface area (Å²) in [6.07, 6.45) is 3.62. The topological polar surface area (TPSA) is 63.1 Å². The van der Waals surface area contributed by atoms with Gasteiger partial charge < -0.3 is 5.11 Å². The molecule has 0 amide bonds. The fourth-order valence-electron chi connectivity index (χ4n) is 2.05. The fourth-order valence-corrected chi connectivity index (χ4v) is 2.98. The van der Waals surface area contributed by atoms with E-state index >= 15 is 0 Å². The third-order valence-corrected chi connectivity index (χ3v) is 4.24. The number of carboxylic acid groups (broad SMARTS) is 1. The van der Waals surface area contributed by atoms with Crippen molar-refractivity contribution in [2.45, 2.75) is 6.42 Å². The summed E-state index contributed by atoms with van der Waals surface area (Å²) in [4.78, 5) is 20.0. The van der Waals surface area contributed by atoms with E-state index in [0.717, 1.165) is 22.5 Å². The summed E-state index contributed by atoms with van der Waals surface area (Å²) in [7, 11) is 0. The molecule has 0 saturated carbocycles. The summed E-state index contributed by atoms with van der Waals surface area (Å²) in [6.45, 7) is 0. The molecular formula is C16H11FN2O2S. The van der Waals surface area contributed by atoms with E-state index in [1.54, 1.807) is 36.7 Å². The van der Waals surface area contributed by atoms with Gasteiger partial charge in [-0.25, -0.2) is 14.2 Å². The van der Waals surface area contributed by atoms with Gasteiger partial charge in [-0.05, 0) is 29.8 Å². The van der Waals surface area contributed by atoms with Crippen LogP contribution in [-0.4, -0.2) is 21.0 Å². The van der Waals surface area contributed by atoms with Crippen molar-refractivity contribution in [3.8, 4) is 10.6 Å². The third-order valence-electron chi connectivity index (χ3n) is 3.10. The lowest BCUT2D eigenvalue weighted by atomic mass is 10.1. The van der Waals surface area contributed by atoms with E-state index in [2.05, 4.69) is 9.97 Å². The van der Waals surface area contributed by atoms with Crippen molar-refractivity contribution < 1.29 is 14.3 Å². The van der Waals surface area contributed by atoms with Gasteiger partial charge in [0.25, 0.3) is 0 Å². The number of hydrogen-bond donors (Lipinski definition) is 1. The molecule has 3 rings (SSSR count). The van der Waals surface area contributed by atoms with Gasteiger partial charge in [0.15, 0.2) is 0 Å².